The van der Waals surface area contributed by atoms with Crippen LogP contribution in [0.1, 0.15) is 35.2 Å². The maximum absolute atomic E-state index is 12.6. The van der Waals surface area contributed by atoms with Gasteiger partial charge < -0.3 is 14.2 Å². The standard InChI is InChI=1S/C26H27NO5S/c1-18-9-13-22(14-10-18)33(29,30)32-24-15-11-21(17-25(24)31-4)12-16-26(28)27-20(3)23-8-6-5-7-19(23)2/h5-17,20H,1-4H3,(H,27,28)/b16-12+/t20-/m1/s1. The summed E-state index contributed by atoms with van der Waals surface area (Å²) < 4.78 is 35.8. The molecule has 33 heavy (non-hydrogen) atoms. The fourth-order valence-electron chi connectivity index (χ4n) is 3.31. The number of carbonyl (C=O) groups excluding carboxylic acids is 1. The predicted octanol–water partition coefficient (Wildman–Crippen LogP) is 4.97. The summed E-state index contributed by atoms with van der Waals surface area (Å²) in [6.45, 7) is 5.80. The van der Waals surface area contributed by atoms with Crippen LogP contribution in [0.5, 0.6) is 11.5 Å². The molecule has 1 N–H and O–H groups in total. The normalized spacial score (nSPS) is 12.4. The van der Waals surface area contributed by atoms with Crippen molar-refractivity contribution in [1.29, 1.82) is 0 Å². The molecule has 0 bridgehead atoms. The molecule has 0 heterocycles. The zero-order valence-corrected chi connectivity index (χ0v) is 19.8. The van der Waals surface area contributed by atoms with E-state index >= 15 is 0 Å². The van der Waals surface area contributed by atoms with Crippen LogP contribution in [0.15, 0.2) is 77.7 Å². The zero-order chi connectivity index (χ0) is 24.0. The lowest BCUT2D eigenvalue weighted by Crippen LogP contribution is -2.25. The molecule has 6 nitrogen and oxygen atoms in total. The monoisotopic (exact) mass is 465 g/mol. The average molecular weight is 466 g/mol. The zero-order valence-electron chi connectivity index (χ0n) is 19.0. The number of hydrogen-bond acceptors (Lipinski definition) is 5. The summed E-state index contributed by atoms with van der Waals surface area (Å²) in [5.41, 5.74) is 3.76. The first-order chi connectivity index (χ1) is 15.7. The van der Waals surface area contributed by atoms with Gasteiger partial charge in [0, 0.05) is 6.08 Å². The minimum Gasteiger partial charge on any atom is -0.493 e. The van der Waals surface area contributed by atoms with Gasteiger partial charge in [-0.15, -0.1) is 0 Å². The minimum absolute atomic E-state index is 0.0542. The van der Waals surface area contributed by atoms with E-state index in [4.69, 9.17) is 8.92 Å². The van der Waals surface area contributed by atoms with E-state index < -0.39 is 10.1 Å². The van der Waals surface area contributed by atoms with E-state index in [1.165, 1.54) is 31.4 Å². The predicted molar refractivity (Wildman–Crippen MR) is 129 cm³/mol. The van der Waals surface area contributed by atoms with Gasteiger partial charge in [0.2, 0.25) is 5.91 Å². The second-order valence-corrected chi connectivity index (χ2v) is 9.23. The Bertz CT molecular complexity index is 1260. The van der Waals surface area contributed by atoms with Crippen LogP contribution in [0.3, 0.4) is 0 Å². The largest absolute Gasteiger partial charge is 0.493 e. The third-order valence-electron chi connectivity index (χ3n) is 5.14. The molecule has 0 saturated carbocycles. The van der Waals surface area contributed by atoms with Crippen molar-refractivity contribution >= 4 is 22.1 Å². The average Bonchev–Trinajstić information content (AvgIpc) is 2.78. The van der Waals surface area contributed by atoms with Crippen LogP contribution >= 0.6 is 0 Å². The first kappa shape index (κ1) is 24.1. The lowest BCUT2D eigenvalue weighted by Gasteiger charge is -2.15. The first-order valence-electron chi connectivity index (χ1n) is 10.4. The van der Waals surface area contributed by atoms with Crippen LogP contribution in [0.2, 0.25) is 0 Å². The fraction of sp³-hybridized carbons (Fsp3) is 0.192. The minimum atomic E-state index is -4.01. The van der Waals surface area contributed by atoms with Crippen LogP contribution in [0.4, 0.5) is 0 Å². The summed E-state index contributed by atoms with van der Waals surface area (Å²) in [6.07, 6.45) is 3.05. The maximum atomic E-state index is 12.6. The third kappa shape index (κ3) is 6.23. The molecule has 172 valence electrons. The highest BCUT2D eigenvalue weighted by atomic mass is 32.2. The highest BCUT2D eigenvalue weighted by Crippen LogP contribution is 2.31. The van der Waals surface area contributed by atoms with Gasteiger partial charge in [-0.25, -0.2) is 0 Å². The van der Waals surface area contributed by atoms with E-state index in [1.807, 2.05) is 45.0 Å². The lowest BCUT2D eigenvalue weighted by molar-refractivity contribution is -0.117. The van der Waals surface area contributed by atoms with Crippen LogP contribution in [-0.4, -0.2) is 21.4 Å². The fourth-order valence-corrected chi connectivity index (χ4v) is 4.25. The van der Waals surface area contributed by atoms with Gasteiger partial charge in [0.05, 0.1) is 13.2 Å². The van der Waals surface area contributed by atoms with Crippen molar-refractivity contribution in [2.75, 3.05) is 7.11 Å². The highest BCUT2D eigenvalue weighted by Gasteiger charge is 2.19. The first-order valence-corrected chi connectivity index (χ1v) is 11.8. The van der Waals surface area contributed by atoms with Gasteiger partial charge in [0.25, 0.3) is 0 Å². The van der Waals surface area contributed by atoms with Crippen molar-refractivity contribution in [2.24, 2.45) is 0 Å². The van der Waals surface area contributed by atoms with Crippen LogP contribution in [-0.2, 0) is 14.9 Å². The molecule has 1 amide bonds. The Morgan fingerprint density at radius 3 is 2.33 bits per heavy atom. The van der Waals surface area contributed by atoms with Crippen LogP contribution in [0.25, 0.3) is 6.08 Å². The number of amides is 1. The quantitative estimate of drug-likeness (QED) is 0.375. The summed E-state index contributed by atoms with van der Waals surface area (Å²) in [6, 6.07) is 18.9. The maximum Gasteiger partial charge on any atom is 0.339 e. The smallest absolute Gasteiger partial charge is 0.339 e. The van der Waals surface area contributed by atoms with Gasteiger partial charge in [-0.3, -0.25) is 4.79 Å². The molecule has 1 atom stereocenters. The lowest BCUT2D eigenvalue weighted by atomic mass is 10.0. The van der Waals surface area contributed by atoms with E-state index in [2.05, 4.69) is 5.32 Å². The molecule has 0 radical (unpaired) electrons. The van der Waals surface area contributed by atoms with E-state index in [9.17, 15) is 13.2 Å². The summed E-state index contributed by atoms with van der Waals surface area (Å²) in [7, 11) is -2.59. The summed E-state index contributed by atoms with van der Waals surface area (Å²) >= 11 is 0. The van der Waals surface area contributed by atoms with E-state index in [0.29, 0.717) is 5.56 Å². The topological polar surface area (TPSA) is 81.7 Å². The molecule has 3 aromatic carbocycles. The second kappa shape index (κ2) is 10.4. The van der Waals surface area contributed by atoms with Crippen LogP contribution < -0.4 is 14.2 Å². The molecule has 0 aliphatic rings. The van der Waals surface area contributed by atoms with Crippen molar-refractivity contribution in [3.05, 3.63) is 95.1 Å². The summed E-state index contributed by atoms with van der Waals surface area (Å²) in [4.78, 5) is 12.4. The summed E-state index contributed by atoms with van der Waals surface area (Å²) in [5.74, 6) is 0.0568. The molecule has 7 heteroatoms. The number of rotatable bonds is 8. The van der Waals surface area contributed by atoms with E-state index in [1.54, 1.807) is 30.3 Å². The number of ether oxygens (including phenoxy) is 1. The number of methoxy groups -OCH3 is 1. The molecule has 0 aliphatic carbocycles. The van der Waals surface area contributed by atoms with Gasteiger partial charge in [0.1, 0.15) is 4.90 Å². The third-order valence-corrected chi connectivity index (χ3v) is 6.39. The molecule has 3 rings (SSSR count). The molecule has 0 saturated heterocycles. The number of nitrogens with one attached hydrogen (secondary N) is 1. The van der Waals surface area contributed by atoms with Gasteiger partial charge in [-0.2, -0.15) is 8.42 Å². The van der Waals surface area contributed by atoms with Gasteiger partial charge in [0.15, 0.2) is 11.5 Å². The van der Waals surface area contributed by atoms with Crippen LogP contribution in [0, 0.1) is 13.8 Å². The van der Waals surface area contributed by atoms with E-state index in [0.717, 1.165) is 16.7 Å². The van der Waals surface area contributed by atoms with Crippen molar-refractivity contribution < 1.29 is 22.1 Å². The van der Waals surface area contributed by atoms with Crippen molar-refractivity contribution in [2.45, 2.75) is 31.7 Å². The van der Waals surface area contributed by atoms with Crippen molar-refractivity contribution in [3.63, 3.8) is 0 Å². The Morgan fingerprint density at radius 2 is 1.67 bits per heavy atom. The van der Waals surface area contributed by atoms with Gasteiger partial charge in [-0.05, 0) is 67.8 Å². The van der Waals surface area contributed by atoms with Gasteiger partial charge in [-0.1, -0.05) is 48.0 Å². The Labute approximate surface area is 195 Å². The Balaban J connectivity index is 1.71. The second-order valence-electron chi connectivity index (χ2n) is 7.68. The molecular weight excluding hydrogens is 438 g/mol. The molecule has 0 fully saturated rings. The summed E-state index contributed by atoms with van der Waals surface area (Å²) in [5, 5.41) is 2.94. The molecular formula is C26H27NO5S. The SMILES string of the molecule is COc1cc(/C=C/C(=O)N[C@H](C)c2ccccc2C)ccc1OS(=O)(=O)c1ccc(C)cc1. The number of benzene rings is 3. The number of carbonyl (C=O) groups is 1. The van der Waals surface area contributed by atoms with Crippen molar-refractivity contribution in [1.82, 2.24) is 5.32 Å². The van der Waals surface area contributed by atoms with E-state index in [-0.39, 0.29) is 28.3 Å². The highest BCUT2D eigenvalue weighted by molar-refractivity contribution is 7.87. The molecule has 3 aromatic rings. The number of hydrogen-bond donors (Lipinski definition) is 1. The Kier molecular flexibility index (Phi) is 7.55. The molecule has 0 spiro atoms. The molecule has 0 unspecified atom stereocenters. The number of aryl methyl sites for hydroxylation is 2. The Morgan fingerprint density at radius 1 is 0.970 bits per heavy atom. The molecule has 0 aromatic heterocycles. The van der Waals surface area contributed by atoms with Gasteiger partial charge >= 0.3 is 10.1 Å². The van der Waals surface area contributed by atoms with Crippen molar-refractivity contribution in [3.8, 4) is 11.5 Å². The Hall–Kier alpha value is -3.58. The molecule has 0 aliphatic heterocycles.